The smallest absolute Gasteiger partial charge is 0 e. The first-order chi connectivity index (χ1) is 1.41. The number of rotatable bonds is 0. The molecule has 0 atom stereocenters. The van der Waals surface area contributed by atoms with Crippen molar-refractivity contribution < 1.29 is 20.4 Å². The Kier molecular flexibility index (Phi) is 244. The summed E-state index contributed by atoms with van der Waals surface area (Å²) in [4.78, 5) is 0. The molecule has 0 saturated carbocycles. The Balaban J connectivity index is -0.00000000667. The summed E-state index contributed by atoms with van der Waals surface area (Å²) in [6, 6.07) is 0. The molecule has 0 N–H and O–H groups in total. The van der Waals surface area contributed by atoms with E-state index in [0.717, 1.165) is 0 Å². The molecule has 44 valence electrons. The zero-order valence-corrected chi connectivity index (χ0v) is 5.09. The first-order valence-corrected chi connectivity index (χ1v) is 0.816. The van der Waals surface area contributed by atoms with Crippen molar-refractivity contribution >= 4 is 12.4 Å². The minimum atomic E-state index is 0. The van der Waals surface area contributed by atoms with Crippen LogP contribution in [-0.4, -0.2) is 0 Å². The van der Waals surface area contributed by atoms with Crippen LogP contribution in [0.4, 0.5) is 0 Å². The summed E-state index contributed by atoms with van der Waals surface area (Å²) in [5.41, 5.74) is 0. The van der Waals surface area contributed by atoms with Crippen LogP contribution >= 0.6 is 12.4 Å². The first kappa shape index (κ1) is 30.9. The molecule has 0 saturated heterocycles. The van der Waals surface area contributed by atoms with E-state index < -0.39 is 0 Å². The summed E-state index contributed by atoms with van der Waals surface area (Å²) in [6.45, 7) is 6.50. The van der Waals surface area contributed by atoms with Gasteiger partial charge in [0.1, 0.15) is 0 Å². The van der Waals surface area contributed by atoms with Crippen LogP contribution in [0.2, 0.25) is 0 Å². The van der Waals surface area contributed by atoms with E-state index in [1.54, 1.807) is 0 Å². The molecular weight excluding hydrogens is 190 g/mol. The minimum Gasteiger partial charge on any atom is -0.245 e. The van der Waals surface area contributed by atoms with E-state index >= 15 is 0 Å². The predicted molar refractivity (Wildman–Crippen MR) is 29.5 cm³/mol. The molecule has 0 aromatic carbocycles. The van der Waals surface area contributed by atoms with Crippen LogP contribution in [0, 0.1) is 6.92 Å². The Morgan fingerprint density at radius 1 is 1.50 bits per heavy atom. The summed E-state index contributed by atoms with van der Waals surface area (Å²) in [5.74, 6) is 0. The van der Waals surface area contributed by atoms with Gasteiger partial charge in [-0.05, 0) is 0 Å². The molecule has 0 amide bonds. The van der Waals surface area contributed by atoms with Crippen LogP contribution in [0.3, 0.4) is 0 Å². The van der Waals surface area contributed by atoms with Gasteiger partial charge < -0.3 is 0 Å². The third-order valence-corrected chi connectivity index (χ3v) is 0. The van der Waals surface area contributed by atoms with Crippen molar-refractivity contribution in [3.05, 3.63) is 19.6 Å². The topological polar surface area (TPSA) is 0 Å². The maximum absolute atomic E-state index is 3.25. The standard InChI is InChI=1S/C3H5.CH4.ClH.Pd/c1-3-2;;;/h3H,1-2H2;1H4;1H;/q-1;;;. The van der Waals surface area contributed by atoms with Crippen molar-refractivity contribution in [1.29, 1.82) is 0 Å². The largest absolute Gasteiger partial charge is 0.245 e. The molecule has 2 heteroatoms. The van der Waals surface area contributed by atoms with Crippen molar-refractivity contribution in [3.8, 4) is 0 Å². The fraction of sp³-hybridized carbons (Fsp3) is 0.250. The average Bonchev–Trinajstić information content (AvgIpc) is 0.918. The van der Waals surface area contributed by atoms with E-state index in [0.29, 0.717) is 0 Å². The van der Waals surface area contributed by atoms with E-state index in [2.05, 4.69) is 13.5 Å². The van der Waals surface area contributed by atoms with Crippen molar-refractivity contribution in [3.63, 3.8) is 0 Å². The van der Waals surface area contributed by atoms with Crippen molar-refractivity contribution in [2.24, 2.45) is 0 Å². The molecule has 0 spiro atoms. The third kappa shape index (κ3) is 183. The zero-order chi connectivity index (χ0) is 2.71. The van der Waals surface area contributed by atoms with E-state index in [1.165, 1.54) is 6.08 Å². The number of hydrogen-bond donors (Lipinski definition) is 0. The van der Waals surface area contributed by atoms with Gasteiger partial charge >= 0.3 is 0 Å². The van der Waals surface area contributed by atoms with Gasteiger partial charge in [0.05, 0.1) is 0 Å². The Morgan fingerprint density at radius 3 is 1.50 bits per heavy atom. The molecule has 0 radical (unpaired) electrons. The van der Waals surface area contributed by atoms with Gasteiger partial charge in [-0.1, -0.05) is 7.43 Å². The summed E-state index contributed by atoms with van der Waals surface area (Å²) in [7, 11) is 0. The van der Waals surface area contributed by atoms with E-state index in [-0.39, 0.29) is 40.3 Å². The van der Waals surface area contributed by atoms with Crippen LogP contribution < -0.4 is 0 Å². The Hall–Kier alpha value is 0.562. The van der Waals surface area contributed by atoms with Gasteiger partial charge in [0.2, 0.25) is 0 Å². The Morgan fingerprint density at radius 2 is 1.50 bits per heavy atom. The molecule has 0 unspecified atom stereocenters. The molecule has 0 aromatic rings. The van der Waals surface area contributed by atoms with Crippen LogP contribution in [0.15, 0.2) is 12.7 Å². The molecule has 0 fully saturated rings. The van der Waals surface area contributed by atoms with Gasteiger partial charge in [-0.2, -0.15) is 0 Å². The maximum Gasteiger partial charge on any atom is 0 e. The summed E-state index contributed by atoms with van der Waals surface area (Å²) in [6.07, 6.45) is 1.50. The van der Waals surface area contributed by atoms with Crippen molar-refractivity contribution in [2.75, 3.05) is 0 Å². The molecule has 0 aromatic heterocycles. The molecule has 0 heterocycles. The number of allylic oxidation sites excluding steroid dienone is 1. The molecule has 0 aliphatic heterocycles. The average molecular weight is 200 g/mol. The Bertz CT molecular complexity index is 15.0. The second-order valence-electron chi connectivity index (χ2n) is 0.289. The van der Waals surface area contributed by atoms with Crippen molar-refractivity contribution in [2.45, 2.75) is 7.43 Å². The third-order valence-electron chi connectivity index (χ3n) is 0. The van der Waals surface area contributed by atoms with Crippen LogP contribution in [0.25, 0.3) is 0 Å². The van der Waals surface area contributed by atoms with Gasteiger partial charge in [0, 0.05) is 20.4 Å². The van der Waals surface area contributed by atoms with Crippen LogP contribution in [0.5, 0.6) is 0 Å². The van der Waals surface area contributed by atoms with Gasteiger partial charge in [-0.25, -0.2) is 19.6 Å². The SMILES string of the molecule is C.C=C[CH2-].Cl.[Pd]. The van der Waals surface area contributed by atoms with E-state index in [9.17, 15) is 0 Å². The molecule has 6 heavy (non-hydrogen) atoms. The monoisotopic (exact) mass is 199 g/mol. The molecule has 0 aliphatic rings. The van der Waals surface area contributed by atoms with Crippen molar-refractivity contribution in [1.82, 2.24) is 0 Å². The normalized spacial score (nSPS) is 2.00. The van der Waals surface area contributed by atoms with Gasteiger partial charge in [0.25, 0.3) is 0 Å². The quantitative estimate of drug-likeness (QED) is 0.414. The second-order valence-corrected chi connectivity index (χ2v) is 0.289. The van der Waals surface area contributed by atoms with Gasteiger partial charge in [0.15, 0.2) is 0 Å². The molecule has 0 aliphatic carbocycles. The maximum atomic E-state index is 3.25. The predicted octanol–water partition coefficient (Wildman–Crippen LogP) is 2.06. The van der Waals surface area contributed by atoms with E-state index in [4.69, 9.17) is 0 Å². The molecule has 0 rings (SSSR count). The van der Waals surface area contributed by atoms with Crippen LogP contribution in [0.1, 0.15) is 7.43 Å². The molecule has 0 bridgehead atoms. The fourth-order valence-corrected chi connectivity index (χ4v) is 0. The zero-order valence-electron chi connectivity index (χ0n) is 2.72. The van der Waals surface area contributed by atoms with Crippen LogP contribution in [-0.2, 0) is 20.4 Å². The summed E-state index contributed by atoms with van der Waals surface area (Å²) >= 11 is 0. The number of hydrogen-bond acceptors (Lipinski definition) is 0. The molecular formula is C4H10ClPd-. The fourth-order valence-electron chi connectivity index (χ4n) is 0. The second kappa shape index (κ2) is 47.4. The molecule has 0 nitrogen and oxygen atoms in total. The summed E-state index contributed by atoms with van der Waals surface area (Å²) in [5, 5.41) is 0. The number of halogens is 1. The van der Waals surface area contributed by atoms with E-state index in [1.807, 2.05) is 0 Å². The van der Waals surface area contributed by atoms with Gasteiger partial charge in [-0.15, -0.1) is 12.4 Å². The minimum absolute atomic E-state index is 0. The summed E-state index contributed by atoms with van der Waals surface area (Å²) < 4.78 is 0. The van der Waals surface area contributed by atoms with Gasteiger partial charge in [-0.3, -0.25) is 0 Å². The Labute approximate surface area is 60.1 Å². The first-order valence-electron chi connectivity index (χ1n) is 0.816.